The fourth-order valence-corrected chi connectivity index (χ4v) is 3.40. The van der Waals surface area contributed by atoms with Gasteiger partial charge in [-0.25, -0.2) is 4.98 Å². The van der Waals surface area contributed by atoms with Crippen molar-refractivity contribution in [1.82, 2.24) is 14.8 Å². The van der Waals surface area contributed by atoms with Crippen LogP contribution in [0.4, 0.5) is 0 Å². The van der Waals surface area contributed by atoms with E-state index >= 15 is 0 Å². The predicted molar refractivity (Wildman–Crippen MR) is 85.0 cm³/mol. The average Bonchev–Trinajstić information content (AvgIpc) is 2.99. The Balaban J connectivity index is 2.14. The highest BCUT2D eigenvalue weighted by Crippen LogP contribution is 2.29. The fraction of sp³-hybridized carbons (Fsp3) is 0.267. The molecule has 0 aliphatic heterocycles. The number of rotatable bonds is 3. The standard InChI is InChI=1S/C15H13ClN4S/c1-9(2)7-12-10(8-17)14(16)20(19-12)15-18-11-5-3-4-6-13(11)21-15/h3-6,9H,7H2,1-2H3. The zero-order chi connectivity index (χ0) is 15.0. The molecule has 0 fully saturated rings. The number of halogens is 1. The summed E-state index contributed by atoms with van der Waals surface area (Å²) in [6, 6.07) is 10.0. The first-order chi connectivity index (χ1) is 10.1. The summed E-state index contributed by atoms with van der Waals surface area (Å²) in [7, 11) is 0. The Kier molecular flexibility index (Phi) is 3.66. The molecule has 0 radical (unpaired) electrons. The molecule has 21 heavy (non-hydrogen) atoms. The molecule has 0 saturated carbocycles. The maximum absolute atomic E-state index is 9.31. The van der Waals surface area contributed by atoms with Crippen LogP contribution in [-0.2, 0) is 6.42 Å². The SMILES string of the molecule is CC(C)Cc1nn(-c2nc3ccccc3s2)c(Cl)c1C#N. The van der Waals surface area contributed by atoms with Gasteiger partial charge in [0.05, 0.1) is 15.9 Å². The van der Waals surface area contributed by atoms with Crippen molar-refractivity contribution >= 4 is 33.2 Å². The van der Waals surface area contributed by atoms with Gasteiger partial charge in [-0.15, -0.1) is 0 Å². The van der Waals surface area contributed by atoms with Gasteiger partial charge in [0.25, 0.3) is 0 Å². The number of thiazole rings is 1. The maximum Gasteiger partial charge on any atom is 0.212 e. The second kappa shape index (κ2) is 5.47. The number of para-hydroxylation sites is 1. The third kappa shape index (κ3) is 2.53. The van der Waals surface area contributed by atoms with E-state index in [4.69, 9.17) is 11.6 Å². The number of nitriles is 1. The topological polar surface area (TPSA) is 54.5 Å². The summed E-state index contributed by atoms with van der Waals surface area (Å²) in [6.45, 7) is 4.18. The van der Waals surface area contributed by atoms with Crippen molar-refractivity contribution in [2.75, 3.05) is 0 Å². The Morgan fingerprint density at radius 1 is 1.38 bits per heavy atom. The van der Waals surface area contributed by atoms with E-state index in [1.807, 2.05) is 24.3 Å². The predicted octanol–water partition coefficient (Wildman–Crippen LogP) is 4.21. The van der Waals surface area contributed by atoms with Gasteiger partial charge in [-0.1, -0.05) is 48.9 Å². The van der Waals surface area contributed by atoms with Crippen molar-refractivity contribution in [3.8, 4) is 11.2 Å². The first kappa shape index (κ1) is 14.1. The van der Waals surface area contributed by atoms with Crippen molar-refractivity contribution in [1.29, 1.82) is 5.26 Å². The minimum atomic E-state index is 0.340. The lowest BCUT2D eigenvalue weighted by molar-refractivity contribution is 0.627. The Hall–Kier alpha value is -1.90. The van der Waals surface area contributed by atoms with Crippen molar-refractivity contribution < 1.29 is 0 Å². The molecule has 0 aliphatic carbocycles. The largest absolute Gasteiger partial charge is 0.218 e. The zero-order valence-electron chi connectivity index (χ0n) is 11.7. The normalized spacial score (nSPS) is 11.2. The van der Waals surface area contributed by atoms with Crippen LogP contribution >= 0.6 is 22.9 Å². The molecule has 2 heterocycles. The molecule has 3 rings (SSSR count). The molecule has 0 unspecified atom stereocenters. The Morgan fingerprint density at radius 2 is 2.14 bits per heavy atom. The van der Waals surface area contributed by atoms with E-state index in [1.54, 1.807) is 4.68 Å². The Bertz CT molecular complexity index is 808. The van der Waals surface area contributed by atoms with E-state index in [1.165, 1.54) is 11.3 Å². The molecule has 1 aromatic carbocycles. The second-order valence-electron chi connectivity index (χ2n) is 5.20. The quantitative estimate of drug-likeness (QED) is 0.727. The number of benzene rings is 1. The molecular formula is C15H13ClN4S. The Labute approximate surface area is 131 Å². The number of fused-ring (bicyclic) bond motifs is 1. The van der Waals surface area contributed by atoms with Gasteiger partial charge in [-0.2, -0.15) is 15.0 Å². The van der Waals surface area contributed by atoms with Crippen molar-refractivity contribution in [2.24, 2.45) is 5.92 Å². The molecule has 0 atom stereocenters. The van der Waals surface area contributed by atoms with Crippen LogP contribution in [0.1, 0.15) is 25.1 Å². The summed E-state index contributed by atoms with van der Waals surface area (Å²) < 4.78 is 2.64. The molecule has 0 amide bonds. The highest BCUT2D eigenvalue weighted by atomic mass is 35.5. The monoisotopic (exact) mass is 316 g/mol. The fourth-order valence-electron chi connectivity index (χ4n) is 2.16. The zero-order valence-corrected chi connectivity index (χ0v) is 13.2. The maximum atomic E-state index is 9.31. The summed E-state index contributed by atoms with van der Waals surface area (Å²) in [5, 5.41) is 14.8. The third-order valence-corrected chi connectivity index (χ3v) is 4.44. The number of aromatic nitrogens is 3. The van der Waals surface area contributed by atoms with E-state index < -0.39 is 0 Å². The van der Waals surface area contributed by atoms with E-state index in [9.17, 15) is 5.26 Å². The smallest absolute Gasteiger partial charge is 0.212 e. The van der Waals surface area contributed by atoms with Crippen molar-refractivity contribution in [3.63, 3.8) is 0 Å². The second-order valence-corrected chi connectivity index (χ2v) is 6.57. The third-order valence-electron chi connectivity index (χ3n) is 3.08. The van der Waals surface area contributed by atoms with Gasteiger partial charge < -0.3 is 0 Å². The van der Waals surface area contributed by atoms with Crippen LogP contribution < -0.4 is 0 Å². The molecule has 0 N–H and O–H groups in total. The summed E-state index contributed by atoms with van der Waals surface area (Å²) >= 11 is 7.83. The Morgan fingerprint density at radius 3 is 2.81 bits per heavy atom. The first-order valence-electron chi connectivity index (χ1n) is 6.63. The molecule has 4 nitrogen and oxygen atoms in total. The van der Waals surface area contributed by atoms with Crippen molar-refractivity contribution in [3.05, 3.63) is 40.7 Å². The molecule has 3 aromatic rings. The van der Waals surface area contributed by atoms with Crippen LogP contribution in [0.15, 0.2) is 24.3 Å². The van der Waals surface area contributed by atoms with Gasteiger partial charge in [0, 0.05) is 0 Å². The lowest BCUT2D eigenvalue weighted by Crippen LogP contribution is -1.99. The lowest BCUT2D eigenvalue weighted by atomic mass is 10.1. The first-order valence-corrected chi connectivity index (χ1v) is 7.83. The van der Waals surface area contributed by atoms with E-state index in [0.717, 1.165) is 22.3 Å². The van der Waals surface area contributed by atoms with Crippen LogP contribution in [-0.4, -0.2) is 14.8 Å². The van der Waals surface area contributed by atoms with Crippen LogP contribution in [0.2, 0.25) is 5.15 Å². The highest BCUT2D eigenvalue weighted by molar-refractivity contribution is 7.20. The lowest BCUT2D eigenvalue weighted by Gasteiger charge is -2.00. The van der Waals surface area contributed by atoms with Crippen LogP contribution in [0.5, 0.6) is 0 Å². The van der Waals surface area contributed by atoms with Crippen LogP contribution in [0, 0.1) is 17.2 Å². The summed E-state index contributed by atoms with van der Waals surface area (Å²) in [4.78, 5) is 4.54. The van der Waals surface area contributed by atoms with E-state index in [-0.39, 0.29) is 0 Å². The van der Waals surface area contributed by atoms with Gasteiger partial charge in [-0.3, -0.25) is 0 Å². The van der Waals surface area contributed by atoms with E-state index in [2.05, 4.69) is 30.0 Å². The molecule has 0 aliphatic rings. The minimum absolute atomic E-state index is 0.340. The molecule has 2 aromatic heterocycles. The number of nitrogens with zero attached hydrogens (tertiary/aromatic N) is 4. The summed E-state index contributed by atoms with van der Waals surface area (Å²) in [5.41, 5.74) is 2.09. The van der Waals surface area contributed by atoms with Crippen LogP contribution in [0.25, 0.3) is 15.3 Å². The van der Waals surface area contributed by atoms with E-state index in [0.29, 0.717) is 21.8 Å². The molecule has 6 heteroatoms. The summed E-state index contributed by atoms with van der Waals surface area (Å²) in [6.07, 6.45) is 0.723. The average molecular weight is 317 g/mol. The van der Waals surface area contributed by atoms with Gasteiger partial charge in [-0.05, 0) is 24.5 Å². The molecule has 0 bridgehead atoms. The highest BCUT2D eigenvalue weighted by Gasteiger charge is 2.20. The summed E-state index contributed by atoms with van der Waals surface area (Å²) in [5.74, 6) is 0.409. The molecule has 0 spiro atoms. The molecule has 106 valence electrons. The minimum Gasteiger partial charge on any atom is -0.218 e. The molecular weight excluding hydrogens is 304 g/mol. The molecule has 0 saturated heterocycles. The van der Waals surface area contributed by atoms with Gasteiger partial charge in [0.1, 0.15) is 11.6 Å². The van der Waals surface area contributed by atoms with Gasteiger partial charge >= 0.3 is 0 Å². The van der Waals surface area contributed by atoms with Crippen molar-refractivity contribution in [2.45, 2.75) is 20.3 Å². The van der Waals surface area contributed by atoms with Gasteiger partial charge in [0.15, 0.2) is 5.15 Å². The van der Waals surface area contributed by atoms with Gasteiger partial charge in [0.2, 0.25) is 5.13 Å². The number of hydrogen-bond donors (Lipinski definition) is 0. The van der Waals surface area contributed by atoms with Crippen LogP contribution in [0.3, 0.4) is 0 Å². The number of hydrogen-bond acceptors (Lipinski definition) is 4.